The molecule has 0 N–H and O–H groups in total. The van der Waals surface area contributed by atoms with E-state index in [9.17, 15) is 9.18 Å². The number of halogens is 1. The van der Waals surface area contributed by atoms with Crippen LogP contribution in [0.4, 0.5) is 4.39 Å². The van der Waals surface area contributed by atoms with Crippen LogP contribution in [0.5, 0.6) is 5.75 Å². The number of amides is 1. The summed E-state index contributed by atoms with van der Waals surface area (Å²) in [5, 5.41) is 8.06. The minimum atomic E-state index is -0.334. The minimum absolute atomic E-state index is 0.0707. The molecule has 2 heterocycles. The van der Waals surface area contributed by atoms with Crippen molar-refractivity contribution < 1.29 is 13.9 Å². The maximum Gasteiger partial charge on any atom is 0.260 e. The third kappa shape index (κ3) is 2.86. The number of aryl methyl sites for hydroxylation is 1. The number of aromatic nitrogens is 3. The lowest BCUT2D eigenvalue weighted by Gasteiger charge is -2.27. The van der Waals surface area contributed by atoms with Gasteiger partial charge in [0, 0.05) is 13.1 Å². The number of carbonyl (C=O) groups is 1. The van der Waals surface area contributed by atoms with Crippen molar-refractivity contribution >= 4 is 5.91 Å². The zero-order valence-electron chi connectivity index (χ0n) is 11.6. The first-order valence-corrected chi connectivity index (χ1v) is 6.68. The van der Waals surface area contributed by atoms with Crippen LogP contribution in [-0.4, -0.2) is 38.7 Å². The van der Waals surface area contributed by atoms with Gasteiger partial charge in [-0.05, 0) is 31.2 Å². The van der Waals surface area contributed by atoms with Crippen LogP contribution in [0.15, 0.2) is 24.3 Å². The summed E-state index contributed by atoms with van der Waals surface area (Å²) in [6.45, 7) is 3.56. The highest BCUT2D eigenvalue weighted by Gasteiger charge is 2.23. The summed E-state index contributed by atoms with van der Waals surface area (Å²) >= 11 is 0. The lowest BCUT2D eigenvalue weighted by molar-refractivity contribution is -0.134. The molecule has 21 heavy (non-hydrogen) atoms. The molecule has 2 aromatic rings. The van der Waals surface area contributed by atoms with E-state index in [0.717, 1.165) is 11.6 Å². The molecule has 1 aromatic heterocycles. The Hall–Kier alpha value is -2.44. The van der Waals surface area contributed by atoms with Crippen LogP contribution in [0.3, 0.4) is 0 Å². The number of carbonyl (C=O) groups excluding carboxylic acids is 1. The van der Waals surface area contributed by atoms with E-state index in [1.165, 1.54) is 24.3 Å². The van der Waals surface area contributed by atoms with Gasteiger partial charge in [0.15, 0.2) is 12.4 Å². The van der Waals surface area contributed by atoms with E-state index in [2.05, 4.69) is 10.2 Å². The van der Waals surface area contributed by atoms with Gasteiger partial charge in [0.2, 0.25) is 0 Å². The second-order valence-electron chi connectivity index (χ2n) is 4.87. The average molecular weight is 290 g/mol. The van der Waals surface area contributed by atoms with Crippen LogP contribution in [0.25, 0.3) is 0 Å². The topological polar surface area (TPSA) is 60.2 Å². The Morgan fingerprint density at radius 2 is 2.05 bits per heavy atom. The minimum Gasteiger partial charge on any atom is -0.484 e. The largest absolute Gasteiger partial charge is 0.484 e. The van der Waals surface area contributed by atoms with Gasteiger partial charge in [-0.15, -0.1) is 10.2 Å². The van der Waals surface area contributed by atoms with Crippen molar-refractivity contribution in [2.45, 2.75) is 20.0 Å². The van der Waals surface area contributed by atoms with Gasteiger partial charge in [0.05, 0.1) is 6.54 Å². The van der Waals surface area contributed by atoms with E-state index in [1.54, 1.807) is 4.90 Å². The Labute approximate surface area is 121 Å². The summed E-state index contributed by atoms with van der Waals surface area (Å²) in [4.78, 5) is 13.8. The molecule has 0 saturated carbocycles. The van der Waals surface area contributed by atoms with Crippen LogP contribution in [0.2, 0.25) is 0 Å². The number of hydrogen-bond acceptors (Lipinski definition) is 4. The molecule has 1 aliphatic rings. The molecule has 0 fully saturated rings. The lowest BCUT2D eigenvalue weighted by Crippen LogP contribution is -2.41. The van der Waals surface area contributed by atoms with Crippen LogP contribution < -0.4 is 4.74 Å². The maximum absolute atomic E-state index is 12.8. The van der Waals surface area contributed by atoms with Gasteiger partial charge in [-0.1, -0.05) is 0 Å². The molecule has 0 bridgehead atoms. The van der Waals surface area contributed by atoms with Gasteiger partial charge in [-0.2, -0.15) is 0 Å². The van der Waals surface area contributed by atoms with Crippen molar-refractivity contribution in [1.82, 2.24) is 19.7 Å². The molecule has 0 unspecified atom stereocenters. The Balaban J connectivity index is 1.58. The van der Waals surface area contributed by atoms with Crippen molar-refractivity contribution in [3.63, 3.8) is 0 Å². The summed E-state index contributed by atoms with van der Waals surface area (Å²) in [6, 6.07) is 5.59. The Bertz CT molecular complexity index is 653. The quantitative estimate of drug-likeness (QED) is 0.850. The second-order valence-corrected chi connectivity index (χ2v) is 4.87. The number of fused-ring (bicyclic) bond motifs is 1. The van der Waals surface area contributed by atoms with Crippen molar-refractivity contribution in [2.24, 2.45) is 0 Å². The number of hydrogen-bond donors (Lipinski definition) is 0. The summed E-state index contributed by atoms with van der Waals surface area (Å²) in [5.74, 6) is 1.67. The highest BCUT2D eigenvalue weighted by molar-refractivity contribution is 5.77. The average Bonchev–Trinajstić information content (AvgIpc) is 2.87. The zero-order valence-corrected chi connectivity index (χ0v) is 11.6. The summed E-state index contributed by atoms with van der Waals surface area (Å²) in [6.07, 6.45) is 0. The van der Waals surface area contributed by atoms with Crippen LogP contribution in [-0.2, 0) is 17.9 Å². The molecular weight excluding hydrogens is 275 g/mol. The SMILES string of the molecule is Cc1nnc2n1CCN(C(=O)COc1ccc(F)cc1)C2. The monoisotopic (exact) mass is 290 g/mol. The Morgan fingerprint density at radius 3 is 2.81 bits per heavy atom. The number of benzene rings is 1. The van der Waals surface area contributed by atoms with Gasteiger partial charge in [0.1, 0.15) is 17.4 Å². The summed E-state index contributed by atoms with van der Waals surface area (Å²) in [7, 11) is 0. The van der Waals surface area contributed by atoms with E-state index in [-0.39, 0.29) is 18.3 Å². The number of nitrogens with zero attached hydrogens (tertiary/aromatic N) is 4. The molecule has 0 aliphatic carbocycles. The van der Waals surface area contributed by atoms with E-state index >= 15 is 0 Å². The van der Waals surface area contributed by atoms with Crippen LogP contribution in [0, 0.1) is 12.7 Å². The van der Waals surface area contributed by atoms with E-state index in [0.29, 0.717) is 25.4 Å². The molecule has 0 atom stereocenters. The zero-order chi connectivity index (χ0) is 14.8. The standard InChI is InChI=1S/C14H15FN4O2/c1-10-16-17-13-8-18(6-7-19(10)13)14(20)9-21-12-4-2-11(15)3-5-12/h2-5H,6-9H2,1H3. The van der Waals surface area contributed by atoms with Crippen LogP contribution in [0.1, 0.15) is 11.6 Å². The fourth-order valence-electron chi connectivity index (χ4n) is 2.28. The first-order chi connectivity index (χ1) is 10.1. The normalized spacial score (nSPS) is 13.9. The first kappa shape index (κ1) is 13.5. The van der Waals surface area contributed by atoms with Crippen molar-refractivity contribution in [1.29, 1.82) is 0 Å². The number of rotatable bonds is 3. The molecule has 110 valence electrons. The number of ether oxygens (including phenoxy) is 1. The van der Waals surface area contributed by atoms with Gasteiger partial charge >= 0.3 is 0 Å². The predicted octanol–water partition coefficient (Wildman–Crippen LogP) is 1.15. The second kappa shape index (κ2) is 5.51. The van der Waals surface area contributed by atoms with E-state index in [1.807, 2.05) is 11.5 Å². The predicted molar refractivity (Wildman–Crippen MR) is 72.1 cm³/mol. The summed E-state index contributed by atoms with van der Waals surface area (Å²) < 4.78 is 20.1. The molecule has 1 aromatic carbocycles. The molecule has 6 nitrogen and oxygen atoms in total. The van der Waals surface area contributed by atoms with Gasteiger partial charge in [0.25, 0.3) is 5.91 Å². The van der Waals surface area contributed by atoms with E-state index < -0.39 is 0 Å². The van der Waals surface area contributed by atoms with Crippen LogP contribution >= 0.6 is 0 Å². The molecule has 7 heteroatoms. The lowest BCUT2D eigenvalue weighted by atomic mass is 10.3. The van der Waals surface area contributed by atoms with E-state index in [4.69, 9.17) is 4.74 Å². The molecule has 3 rings (SSSR count). The van der Waals surface area contributed by atoms with Gasteiger partial charge in [-0.3, -0.25) is 4.79 Å². The third-order valence-corrected chi connectivity index (χ3v) is 3.47. The van der Waals surface area contributed by atoms with Gasteiger partial charge in [-0.25, -0.2) is 4.39 Å². The van der Waals surface area contributed by atoms with Gasteiger partial charge < -0.3 is 14.2 Å². The third-order valence-electron chi connectivity index (χ3n) is 3.47. The van der Waals surface area contributed by atoms with Crippen molar-refractivity contribution in [3.05, 3.63) is 41.7 Å². The van der Waals surface area contributed by atoms with Crippen molar-refractivity contribution in [2.75, 3.05) is 13.2 Å². The smallest absolute Gasteiger partial charge is 0.260 e. The molecular formula is C14H15FN4O2. The molecule has 0 radical (unpaired) electrons. The molecule has 0 spiro atoms. The Kier molecular flexibility index (Phi) is 3.55. The molecule has 1 amide bonds. The highest BCUT2D eigenvalue weighted by atomic mass is 19.1. The summed E-state index contributed by atoms with van der Waals surface area (Å²) in [5.41, 5.74) is 0. The first-order valence-electron chi connectivity index (χ1n) is 6.68. The Morgan fingerprint density at radius 1 is 1.29 bits per heavy atom. The fraction of sp³-hybridized carbons (Fsp3) is 0.357. The fourth-order valence-corrected chi connectivity index (χ4v) is 2.28. The van der Waals surface area contributed by atoms with Crippen molar-refractivity contribution in [3.8, 4) is 5.75 Å². The highest BCUT2D eigenvalue weighted by Crippen LogP contribution is 2.14. The molecule has 0 saturated heterocycles. The molecule has 1 aliphatic heterocycles. The maximum atomic E-state index is 12.8.